The van der Waals surface area contributed by atoms with Gasteiger partial charge in [-0.05, 0) is 24.6 Å². The average Bonchev–Trinajstić information content (AvgIpc) is 2.44. The molecular formula is C14H16ClF2NO4. The molecule has 8 heteroatoms. The van der Waals surface area contributed by atoms with Crippen molar-refractivity contribution < 1.29 is 28.2 Å². The highest BCUT2D eigenvalue weighted by atomic mass is 35.5. The van der Waals surface area contributed by atoms with Crippen LogP contribution in [0, 0.1) is 5.92 Å². The lowest BCUT2D eigenvalue weighted by Crippen LogP contribution is -2.33. The van der Waals surface area contributed by atoms with Crippen LogP contribution in [0.25, 0.3) is 0 Å². The van der Waals surface area contributed by atoms with Crippen molar-refractivity contribution in [2.24, 2.45) is 5.92 Å². The summed E-state index contributed by atoms with van der Waals surface area (Å²) in [4.78, 5) is 23.1. The molecule has 0 spiro atoms. The van der Waals surface area contributed by atoms with Crippen molar-refractivity contribution in [2.45, 2.75) is 26.4 Å². The molecule has 5 nitrogen and oxygen atoms in total. The van der Waals surface area contributed by atoms with Crippen LogP contribution in [0.1, 0.15) is 30.1 Å². The van der Waals surface area contributed by atoms with Crippen LogP contribution in [0.15, 0.2) is 18.2 Å². The van der Waals surface area contributed by atoms with Crippen LogP contribution in [0.2, 0.25) is 5.02 Å². The van der Waals surface area contributed by atoms with Crippen molar-refractivity contribution in [1.82, 2.24) is 5.32 Å². The topological polar surface area (TPSA) is 75.6 Å². The molecule has 122 valence electrons. The van der Waals surface area contributed by atoms with E-state index in [0.717, 1.165) is 6.07 Å². The highest BCUT2D eigenvalue weighted by Gasteiger charge is 2.20. The van der Waals surface area contributed by atoms with E-state index in [1.165, 1.54) is 12.1 Å². The molecule has 0 saturated heterocycles. The molecular weight excluding hydrogens is 320 g/mol. The number of halogens is 3. The summed E-state index contributed by atoms with van der Waals surface area (Å²) in [6.45, 7) is -1.37. The predicted octanol–water partition coefficient (Wildman–Crippen LogP) is 3.17. The van der Waals surface area contributed by atoms with E-state index in [0.29, 0.717) is 12.8 Å². The Morgan fingerprint density at radius 1 is 1.41 bits per heavy atom. The Balaban J connectivity index is 2.83. The van der Waals surface area contributed by atoms with E-state index in [-0.39, 0.29) is 22.9 Å². The van der Waals surface area contributed by atoms with Crippen LogP contribution in [-0.4, -0.2) is 30.1 Å². The molecule has 1 unspecified atom stereocenters. The number of benzene rings is 1. The van der Waals surface area contributed by atoms with Gasteiger partial charge in [0, 0.05) is 11.6 Å². The second kappa shape index (κ2) is 8.53. The van der Waals surface area contributed by atoms with E-state index in [9.17, 15) is 18.4 Å². The quantitative estimate of drug-likeness (QED) is 0.765. The Hall–Kier alpha value is -1.89. The molecule has 0 fully saturated rings. The van der Waals surface area contributed by atoms with Crippen LogP contribution in [0.5, 0.6) is 5.75 Å². The highest BCUT2D eigenvalue weighted by molar-refractivity contribution is 6.31. The third-order valence-corrected chi connectivity index (χ3v) is 3.13. The SMILES string of the molecule is CCCC(CNC(=O)c1cc(Cl)ccc1OC(F)F)C(=O)O. The number of nitrogens with one attached hydrogen (secondary N) is 1. The lowest BCUT2D eigenvalue weighted by Gasteiger charge is -2.14. The van der Waals surface area contributed by atoms with Gasteiger partial charge in [0.25, 0.3) is 5.91 Å². The third kappa shape index (κ3) is 5.48. The average molecular weight is 336 g/mol. The van der Waals surface area contributed by atoms with Gasteiger partial charge in [-0.3, -0.25) is 9.59 Å². The molecule has 0 heterocycles. The fourth-order valence-corrected chi connectivity index (χ4v) is 2.02. The van der Waals surface area contributed by atoms with Crippen molar-refractivity contribution in [3.8, 4) is 5.75 Å². The lowest BCUT2D eigenvalue weighted by molar-refractivity contribution is -0.141. The number of carbonyl (C=O) groups excluding carboxylic acids is 1. The number of alkyl halides is 2. The zero-order valence-electron chi connectivity index (χ0n) is 11.8. The van der Waals surface area contributed by atoms with Crippen LogP contribution in [0.3, 0.4) is 0 Å². The Morgan fingerprint density at radius 2 is 2.09 bits per heavy atom. The van der Waals surface area contributed by atoms with E-state index < -0.39 is 24.4 Å². The minimum absolute atomic E-state index is 0.108. The maximum absolute atomic E-state index is 12.3. The molecule has 0 bridgehead atoms. The summed E-state index contributed by atoms with van der Waals surface area (Å²) in [5.41, 5.74) is -0.173. The first-order valence-electron chi connectivity index (χ1n) is 6.60. The summed E-state index contributed by atoms with van der Waals surface area (Å²) >= 11 is 5.74. The second-order valence-corrected chi connectivity index (χ2v) is 4.99. The summed E-state index contributed by atoms with van der Waals surface area (Å²) in [5, 5.41) is 11.6. The number of carbonyl (C=O) groups is 2. The number of carboxylic acid groups (broad SMARTS) is 1. The van der Waals surface area contributed by atoms with E-state index >= 15 is 0 Å². The number of amides is 1. The van der Waals surface area contributed by atoms with Gasteiger partial charge in [-0.2, -0.15) is 8.78 Å². The molecule has 0 aliphatic carbocycles. The normalized spacial score (nSPS) is 12.0. The van der Waals surface area contributed by atoms with Gasteiger partial charge in [0.05, 0.1) is 11.5 Å². The van der Waals surface area contributed by atoms with Gasteiger partial charge in [-0.25, -0.2) is 0 Å². The molecule has 0 aliphatic rings. The standard InChI is InChI=1S/C14H16ClF2NO4/c1-2-3-8(13(20)21)7-18-12(19)10-6-9(15)4-5-11(10)22-14(16)17/h4-6,8,14H,2-3,7H2,1H3,(H,18,19)(H,20,21). The minimum Gasteiger partial charge on any atom is -0.481 e. The fraction of sp³-hybridized carbons (Fsp3) is 0.429. The van der Waals surface area contributed by atoms with Crippen LogP contribution < -0.4 is 10.1 Å². The second-order valence-electron chi connectivity index (χ2n) is 4.55. The van der Waals surface area contributed by atoms with Gasteiger partial charge in [0.15, 0.2) is 0 Å². The van der Waals surface area contributed by atoms with Crippen LogP contribution >= 0.6 is 11.6 Å². The minimum atomic E-state index is -3.08. The van der Waals surface area contributed by atoms with Crippen molar-refractivity contribution in [3.05, 3.63) is 28.8 Å². The van der Waals surface area contributed by atoms with Gasteiger partial charge in [0.2, 0.25) is 0 Å². The predicted molar refractivity (Wildman–Crippen MR) is 76.5 cm³/mol. The summed E-state index contributed by atoms with van der Waals surface area (Å²) < 4.78 is 28.9. The van der Waals surface area contributed by atoms with Crippen LogP contribution in [-0.2, 0) is 4.79 Å². The smallest absolute Gasteiger partial charge is 0.387 e. The summed E-state index contributed by atoms with van der Waals surface area (Å²) in [6, 6.07) is 3.65. The van der Waals surface area contributed by atoms with Gasteiger partial charge in [-0.15, -0.1) is 0 Å². The first-order valence-corrected chi connectivity index (χ1v) is 6.98. The fourth-order valence-electron chi connectivity index (χ4n) is 1.85. The zero-order valence-corrected chi connectivity index (χ0v) is 12.6. The van der Waals surface area contributed by atoms with Crippen molar-refractivity contribution in [3.63, 3.8) is 0 Å². The molecule has 0 aliphatic heterocycles. The van der Waals surface area contributed by atoms with Gasteiger partial charge < -0.3 is 15.2 Å². The molecule has 1 aromatic carbocycles. The van der Waals surface area contributed by atoms with E-state index in [2.05, 4.69) is 10.1 Å². The molecule has 1 rings (SSSR count). The molecule has 0 saturated carbocycles. The number of aliphatic carboxylic acids is 1. The van der Waals surface area contributed by atoms with Gasteiger partial charge in [0.1, 0.15) is 5.75 Å². The first kappa shape index (κ1) is 18.2. The molecule has 2 N–H and O–H groups in total. The van der Waals surface area contributed by atoms with E-state index in [4.69, 9.17) is 16.7 Å². The molecule has 0 aromatic heterocycles. The number of rotatable bonds is 8. The largest absolute Gasteiger partial charge is 0.481 e. The van der Waals surface area contributed by atoms with Crippen molar-refractivity contribution in [1.29, 1.82) is 0 Å². The molecule has 1 amide bonds. The number of ether oxygens (including phenoxy) is 1. The van der Waals surface area contributed by atoms with Gasteiger partial charge in [-0.1, -0.05) is 24.9 Å². The number of hydrogen-bond donors (Lipinski definition) is 2. The van der Waals surface area contributed by atoms with Crippen molar-refractivity contribution >= 4 is 23.5 Å². The van der Waals surface area contributed by atoms with Crippen LogP contribution in [0.4, 0.5) is 8.78 Å². The Morgan fingerprint density at radius 3 is 2.64 bits per heavy atom. The summed E-state index contributed by atoms with van der Waals surface area (Å²) in [5.74, 6) is -2.82. The Labute approximate surface area is 131 Å². The Kier molecular flexibility index (Phi) is 7.04. The maximum atomic E-state index is 12.3. The summed E-state index contributed by atoms with van der Waals surface area (Å²) in [6.07, 6.45) is 1.04. The first-order chi connectivity index (χ1) is 10.3. The van der Waals surface area contributed by atoms with E-state index in [1.807, 2.05) is 6.92 Å². The summed E-state index contributed by atoms with van der Waals surface area (Å²) in [7, 11) is 0. The maximum Gasteiger partial charge on any atom is 0.387 e. The Bertz CT molecular complexity index is 540. The van der Waals surface area contributed by atoms with Gasteiger partial charge >= 0.3 is 12.6 Å². The highest BCUT2D eigenvalue weighted by Crippen LogP contribution is 2.24. The number of carboxylic acids is 1. The third-order valence-electron chi connectivity index (χ3n) is 2.90. The van der Waals surface area contributed by atoms with E-state index in [1.54, 1.807) is 0 Å². The monoisotopic (exact) mass is 335 g/mol. The molecule has 1 aromatic rings. The molecule has 22 heavy (non-hydrogen) atoms. The zero-order chi connectivity index (χ0) is 16.7. The molecule has 0 radical (unpaired) electrons. The lowest BCUT2D eigenvalue weighted by atomic mass is 10.0. The molecule has 1 atom stereocenters. The van der Waals surface area contributed by atoms with Crippen molar-refractivity contribution in [2.75, 3.05) is 6.54 Å². The number of hydrogen-bond acceptors (Lipinski definition) is 3.